The van der Waals surface area contributed by atoms with E-state index in [1.165, 1.54) is 37.0 Å². The Hall–Kier alpha value is -3.32. The molecule has 0 saturated heterocycles. The Morgan fingerprint density at radius 3 is 1.81 bits per heavy atom. The zero-order valence-electron chi connectivity index (χ0n) is 18.7. The Morgan fingerprint density at radius 1 is 0.656 bits per heavy atom. The van der Waals surface area contributed by atoms with E-state index in [-0.39, 0.29) is 5.56 Å². The SMILES string of the molecule is CCCCCc1ccc(N=Nc2ccc(C#Cc3c(F)cc(CCC)cc3F)cc2)cc1. The maximum absolute atomic E-state index is 14.2. The molecule has 0 bridgehead atoms. The van der Waals surface area contributed by atoms with Gasteiger partial charge in [-0.2, -0.15) is 10.2 Å². The Balaban J connectivity index is 1.64. The fourth-order valence-electron chi connectivity index (χ4n) is 3.35. The van der Waals surface area contributed by atoms with Crippen LogP contribution in [0.5, 0.6) is 0 Å². The van der Waals surface area contributed by atoms with Crippen molar-refractivity contribution in [2.75, 3.05) is 0 Å². The molecule has 3 rings (SSSR count). The minimum Gasteiger partial charge on any atom is -0.206 e. The highest BCUT2D eigenvalue weighted by molar-refractivity contribution is 5.49. The molecule has 0 radical (unpaired) electrons. The molecule has 32 heavy (non-hydrogen) atoms. The van der Waals surface area contributed by atoms with E-state index < -0.39 is 11.6 Å². The van der Waals surface area contributed by atoms with Gasteiger partial charge >= 0.3 is 0 Å². The van der Waals surface area contributed by atoms with Gasteiger partial charge in [-0.15, -0.1) is 0 Å². The molecule has 0 spiro atoms. The number of benzene rings is 3. The van der Waals surface area contributed by atoms with E-state index in [2.05, 4.69) is 41.1 Å². The van der Waals surface area contributed by atoms with Gasteiger partial charge in [0.2, 0.25) is 0 Å². The molecule has 2 nitrogen and oxygen atoms in total. The van der Waals surface area contributed by atoms with Gasteiger partial charge in [0.15, 0.2) is 0 Å². The highest BCUT2D eigenvalue weighted by Gasteiger charge is 2.08. The summed E-state index contributed by atoms with van der Waals surface area (Å²) in [6.07, 6.45) is 6.23. The molecule has 0 saturated carbocycles. The van der Waals surface area contributed by atoms with Crippen LogP contribution in [0.25, 0.3) is 0 Å². The molecule has 3 aromatic carbocycles. The second-order valence-electron chi connectivity index (χ2n) is 7.80. The summed E-state index contributed by atoms with van der Waals surface area (Å²) in [5.41, 5.74) is 3.89. The molecule has 0 aromatic heterocycles. The number of hydrogen-bond acceptors (Lipinski definition) is 2. The van der Waals surface area contributed by atoms with Gasteiger partial charge in [0.1, 0.15) is 11.6 Å². The van der Waals surface area contributed by atoms with E-state index in [9.17, 15) is 8.78 Å². The third-order valence-electron chi connectivity index (χ3n) is 5.13. The molecule has 0 N–H and O–H groups in total. The third kappa shape index (κ3) is 6.85. The average molecular weight is 431 g/mol. The van der Waals surface area contributed by atoms with Crippen LogP contribution in [0.3, 0.4) is 0 Å². The number of hydrogen-bond donors (Lipinski definition) is 0. The molecule has 0 aliphatic carbocycles. The predicted molar refractivity (Wildman–Crippen MR) is 127 cm³/mol. The molecular weight excluding hydrogens is 402 g/mol. The molecule has 164 valence electrons. The van der Waals surface area contributed by atoms with E-state index >= 15 is 0 Å². The van der Waals surface area contributed by atoms with Gasteiger partial charge in [0, 0.05) is 5.56 Å². The topological polar surface area (TPSA) is 24.7 Å². The highest BCUT2D eigenvalue weighted by Crippen LogP contribution is 2.20. The molecule has 0 aliphatic rings. The first-order valence-corrected chi connectivity index (χ1v) is 11.2. The quantitative estimate of drug-likeness (QED) is 0.194. The molecule has 0 aliphatic heterocycles. The number of unbranched alkanes of at least 4 members (excludes halogenated alkanes) is 2. The van der Waals surface area contributed by atoms with Crippen LogP contribution >= 0.6 is 0 Å². The van der Waals surface area contributed by atoms with Gasteiger partial charge in [-0.1, -0.05) is 57.1 Å². The van der Waals surface area contributed by atoms with Crippen molar-refractivity contribution in [1.29, 1.82) is 0 Å². The summed E-state index contributed by atoms with van der Waals surface area (Å²) < 4.78 is 28.4. The molecule has 0 atom stereocenters. The van der Waals surface area contributed by atoms with Crippen molar-refractivity contribution in [2.45, 2.75) is 52.4 Å². The van der Waals surface area contributed by atoms with Crippen molar-refractivity contribution < 1.29 is 8.78 Å². The monoisotopic (exact) mass is 430 g/mol. The maximum atomic E-state index is 14.2. The third-order valence-corrected chi connectivity index (χ3v) is 5.13. The van der Waals surface area contributed by atoms with Crippen LogP contribution in [0.2, 0.25) is 0 Å². The van der Waals surface area contributed by atoms with Crippen molar-refractivity contribution in [3.63, 3.8) is 0 Å². The largest absolute Gasteiger partial charge is 0.206 e. The molecule has 4 heteroatoms. The molecule has 0 unspecified atom stereocenters. The Kier molecular flexibility index (Phi) is 8.69. The van der Waals surface area contributed by atoms with Gasteiger partial charge in [-0.05, 0) is 78.9 Å². The van der Waals surface area contributed by atoms with E-state index in [0.29, 0.717) is 23.2 Å². The van der Waals surface area contributed by atoms with E-state index in [1.54, 1.807) is 24.3 Å². The maximum Gasteiger partial charge on any atom is 0.142 e. The summed E-state index contributed by atoms with van der Waals surface area (Å²) in [7, 11) is 0. The predicted octanol–water partition coefficient (Wildman–Crippen LogP) is 8.47. The summed E-state index contributed by atoms with van der Waals surface area (Å²) in [5, 5.41) is 8.53. The fraction of sp³-hybridized carbons (Fsp3) is 0.286. The van der Waals surface area contributed by atoms with Crippen LogP contribution < -0.4 is 0 Å². The lowest BCUT2D eigenvalue weighted by Crippen LogP contribution is -1.94. The van der Waals surface area contributed by atoms with E-state index in [0.717, 1.165) is 18.5 Å². The second kappa shape index (κ2) is 11.9. The zero-order chi connectivity index (χ0) is 22.8. The average Bonchev–Trinajstić information content (AvgIpc) is 2.79. The number of rotatable bonds is 8. The Morgan fingerprint density at radius 2 is 1.25 bits per heavy atom. The van der Waals surface area contributed by atoms with Crippen LogP contribution in [0.15, 0.2) is 70.9 Å². The number of azo groups is 1. The van der Waals surface area contributed by atoms with Gasteiger partial charge in [0.05, 0.1) is 16.9 Å². The first-order chi connectivity index (χ1) is 15.6. The lowest BCUT2D eigenvalue weighted by Gasteiger charge is -2.02. The molecule has 0 heterocycles. The lowest BCUT2D eigenvalue weighted by atomic mass is 10.1. The molecular formula is C28H28F2N2. The van der Waals surface area contributed by atoms with Crippen molar-refractivity contribution >= 4 is 11.4 Å². The van der Waals surface area contributed by atoms with Crippen molar-refractivity contribution in [2.24, 2.45) is 10.2 Å². The normalized spacial score (nSPS) is 10.9. The van der Waals surface area contributed by atoms with Crippen LogP contribution in [-0.4, -0.2) is 0 Å². The smallest absolute Gasteiger partial charge is 0.142 e. The second-order valence-corrected chi connectivity index (χ2v) is 7.80. The van der Waals surface area contributed by atoms with Crippen molar-refractivity contribution in [1.82, 2.24) is 0 Å². The Bertz CT molecular complexity index is 1080. The fourth-order valence-corrected chi connectivity index (χ4v) is 3.35. The standard InChI is InChI=1S/C28H28F2N2/c1-3-5-6-8-21-9-14-24(15-10-21)31-32-25-16-11-22(12-17-25)13-18-26-27(29)19-23(7-4-2)20-28(26)30/h9-12,14-17,19-20H,3-8H2,1-2H3. The first kappa shape index (κ1) is 23.3. The van der Waals surface area contributed by atoms with Crippen molar-refractivity contribution in [3.8, 4) is 11.8 Å². The summed E-state index contributed by atoms with van der Waals surface area (Å²) in [6.45, 7) is 4.17. The van der Waals surface area contributed by atoms with Gasteiger partial charge in [0.25, 0.3) is 0 Å². The number of nitrogens with zero attached hydrogens (tertiary/aromatic N) is 2. The van der Waals surface area contributed by atoms with Crippen LogP contribution in [0.1, 0.15) is 61.8 Å². The van der Waals surface area contributed by atoms with Gasteiger partial charge in [-0.25, -0.2) is 8.78 Å². The van der Waals surface area contributed by atoms with Crippen molar-refractivity contribution in [3.05, 3.63) is 94.6 Å². The summed E-state index contributed by atoms with van der Waals surface area (Å²) in [4.78, 5) is 0. The minimum atomic E-state index is -0.622. The summed E-state index contributed by atoms with van der Waals surface area (Å²) in [6, 6.07) is 17.9. The molecule has 0 amide bonds. The lowest BCUT2D eigenvalue weighted by molar-refractivity contribution is 0.573. The summed E-state index contributed by atoms with van der Waals surface area (Å²) >= 11 is 0. The summed E-state index contributed by atoms with van der Waals surface area (Å²) in [5.74, 6) is 4.19. The van der Waals surface area contributed by atoms with Gasteiger partial charge in [-0.3, -0.25) is 0 Å². The number of aryl methyl sites for hydroxylation is 2. The number of halogens is 2. The van der Waals surface area contributed by atoms with E-state index in [4.69, 9.17) is 0 Å². The highest BCUT2D eigenvalue weighted by atomic mass is 19.1. The van der Waals surface area contributed by atoms with E-state index in [1.807, 2.05) is 19.1 Å². The Labute approximate surface area is 189 Å². The van der Waals surface area contributed by atoms with Crippen LogP contribution in [0.4, 0.5) is 20.2 Å². The van der Waals surface area contributed by atoms with Crippen LogP contribution in [0, 0.1) is 23.5 Å². The molecule has 3 aromatic rings. The van der Waals surface area contributed by atoms with Gasteiger partial charge < -0.3 is 0 Å². The van der Waals surface area contributed by atoms with Crippen LogP contribution in [-0.2, 0) is 12.8 Å². The molecule has 0 fully saturated rings. The first-order valence-electron chi connectivity index (χ1n) is 11.2. The minimum absolute atomic E-state index is 0.202. The zero-order valence-corrected chi connectivity index (χ0v) is 18.7.